The van der Waals surface area contributed by atoms with Crippen LogP contribution in [-0.4, -0.2) is 57.4 Å². The first kappa shape index (κ1) is 23.2. The van der Waals surface area contributed by atoms with E-state index in [0.717, 1.165) is 25.5 Å². The number of amidine groups is 1. The monoisotopic (exact) mass is 508 g/mol. The fourth-order valence-corrected chi connectivity index (χ4v) is 7.72. The summed E-state index contributed by atoms with van der Waals surface area (Å²) in [5.74, 6) is -0.119. The van der Waals surface area contributed by atoms with Crippen LogP contribution >= 0.6 is 0 Å². The first-order valence-electron chi connectivity index (χ1n) is 11.3. The maximum absolute atomic E-state index is 13.6. The predicted octanol–water partition coefficient (Wildman–Crippen LogP) is 2.30. The highest BCUT2D eigenvalue weighted by Crippen LogP contribution is 2.55. The lowest BCUT2D eigenvalue weighted by atomic mass is 9.77. The molecule has 12 heteroatoms. The zero-order chi connectivity index (χ0) is 24.6. The van der Waals surface area contributed by atoms with Gasteiger partial charge >= 0.3 is 0 Å². The van der Waals surface area contributed by atoms with E-state index in [1.165, 1.54) is 18.2 Å². The molecule has 0 saturated heterocycles. The Labute approximate surface area is 199 Å². The van der Waals surface area contributed by atoms with E-state index in [1.807, 2.05) is 13.8 Å². The van der Waals surface area contributed by atoms with Crippen molar-refractivity contribution >= 4 is 43.2 Å². The van der Waals surface area contributed by atoms with Gasteiger partial charge in [0.1, 0.15) is 16.2 Å². The van der Waals surface area contributed by atoms with Crippen LogP contribution in [0.1, 0.15) is 33.1 Å². The highest BCUT2D eigenvalue weighted by Gasteiger charge is 2.57. The number of sulfonamides is 2. The lowest BCUT2D eigenvalue weighted by Crippen LogP contribution is -2.55. The topological polar surface area (TPSA) is 145 Å². The van der Waals surface area contributed by atoms with E-state index in [9.17, 15) is 26.7 Å². The molecule has 0 spiro atoms. The molecule has 2 saturated carbocycles. The molecule has 2 fully saturated rings. The maximum atomic E-state index is 13.6. The van der Waals surface area contributed by atoms with Crippen LogP contribution in [0.4, 0.5) is 11.4 Å². The Bertz CT molecular complexity index is 1350. The number of hydrogen-bond acceptors (Lipinski definition) is 7. The minimum absolute atomic E-state index is 0.0740. The van der Waals surface area contributed by atoms with Gasteiger partial charge in [-0.25, -0.2) is 8.42 Å². The summed E-state index contributed by atoms with van der Waals surface area (Å²) in [4.78, 5) is 15.2. The molecule has 2 heterocycles. The molecule has 0 radical (unpaired) electrons. The Morgan fingerprint density at radius 1 is 1.26 bits per heavy atom. The second kappa shape index (κ2) is 7.70. The van der Waals surface area contributed by atoms with E-state index < -0.39 is 26.0 Å². The molecule has 2 aliphatic heterocycles. The summed E-state index contributed by atoms with van der Waals surface area (Å²) in [5, 5.41) is 14.2. The van der Waals surface area contributed by atoms with Crippen molar-refractivity contribution in [3.8, 4) is 0 Å². The number of aliphatic hydroxyl groups is 1. The molecule has 4 aliphatic rings. The molecule has 2 aliphatic carbocycles. The molecule has 184 valence electrons. The normalized spacial score (nSPS) is 29.6. The highest BCUT2D eigenvalue weighted by atomic mass is 32.2. The van der Waals surface area contributed by atoms with Crippen LogP contribution in [0.5, 0.6) is 0 Å². The highest BCUT2D eigenvalue weighted by molar-refractivity contribution is 7.92. The molecule has 5 rings (SSSR count). The number of aliphatic hydroxyl groups excluding tert-OH is 1. The first-order valence-corrected chi connectivity index (χ1v) is 14.7. The van der Waals surface area contributed by atoms with Gasteiger partial charge in [0, 0.05) is 24.2 Å². The molecule has 1 amide bonds. The predicted molar refractivity (Wildman–Crippen MR) is 127 cm³/mol. The zero-order valence-electron chi connectivity index (χ0n) is 19.1. The maximum Gasteiger partial charge on any atom is 0.286 e. The van der Waals surface area contributed by atoms with Gasteiger partial charge in [-0.1, -0.05) is 13.8 Å². The quantitative estimate of drug-likeness (QED) is 0.553. The number of fused-ring (bicyclic) bond motifs is 6. The number of nitrogens with one attached hydrogen (secondary N) is 2. The summed E-state index contributed by atoms with van der Waals surface area (Å²) in [7, 11) is -7.87. The number of hydrogen-bond donors (Lipinski definition) is 3. The van der Waals surface area contributed by atoms with E-state index in [0.29, 0.717) is 12.5 Å². The van der Waals surface area contributed by atoms with Gasteiger partial charge in [0.25, 0.3) is 15.9 Å². The number of carbonyl (C=O) groups is 1. The van der Waals surface area contributed by atoms with Crippen molar-refractivity contribution in [3.63, 3.8) is 0 Å². The molecule has 34 heavy (non-hydrogen) atoms. The van der Waals surface area contributed by atoms with Crippen molar-refractivity contribution in [3.05, 3.63) is 29.5 Å². The number of nitrogens with zero attached hydrogens (tertiary/aromatic N) is 2. The smallest absolute Gasteiger partial charge is 0.286 e. The van der Waals surface area contributed by atoms with Crippen LogP contribution in [0.15, 0.2) is 38.8 Å². The Morgan fingerprint density at radius 3 is 2.65 bits per heavy atom. The van der Waals surface area contributed by atoms with Crippen molar-refractivity contribution < 1.29 is 26.7 Å². The number of carbonyl (C=O) groups excluding carboxylic acids is 1. The second-order valence-corrected chi connectivity index (χ2v) is 13.4. The summed E-state index contributed by atoms with van der Waals surface area (Å²) in [6, 6.07) is 3.92. The van der Waals surface area contributed by atoms with Crippen molar-refractivity contribution in [2.45, 2.75) is 44.0 Å². The molecule has 10 nitrogen and oxygen atoms in total. The number of benzene rings is 1. The summed E-state index contributed by atoms with van der Waals surface area (Å²) in [6.07, 6.45) is 3.92. The molecular formula is C22H28N4O6S2. The van der Waals surface area contributed by atoms with Crippen LogP contribution in [-0.2, 0) is 24.8 Å². The fraction of sp³-hybridized carbons (Fsp3) is 0.545. The summed E-state index contributed by atoms with van der Waals surface area (Å²) >= 11 is 0. The summed E-state index contributed by atoms with van der Waals surface area (Å²) in [5.41, 5.74) is 0.138. The third-order valence-corrected chi connectivity index (χ3v) is 9.03. The van der Waals surface area contributed by atoms with Crippen LogP contribution in [0.3, 0.4) is 0 Å². The van der Waals surface area contributed by atoms with Crippen LogP contribution in [0, 0.1) is 23.7 Å². The average molecular weight is 509 g/mol. The van der Waals surface area contributed by atoms with Gasteiger partial charge in [-0.2, -0.15) is 8.42 Å². The third-order valence-electron chi connectivity index (χ3n) is 7.10. The number of anilines is 2. The van der Waals surface area contributed by atoms with E-state index in [4.69, 9.17) is 0 Å². The van der Waals surface area contributed by atoms with E-state index in [1.54, 1.807) is 4.90 Å². The van der Waals surface area contributed by atoms with Gasteiger partial charge in [-0.05, 0) is 55.2 Å². The Kier molecular flexibility index (Phi) is 5.25. The van der Waals surface area contributed by atoms with Gasteiger partial charge < -0.3 is 15.3 Å². The molecule has 1 aromatic rings. The minimum Gasteiger partial charge on any atom is -0.511 e. The van der Waals surface area contributed by atoms with Gasteiger partial charge in [0.05, 0.1) is 11.9 Å². The second-order valence-electron chi connectivity index (χ2n) is 10.1. The van der Waals surface area contributed by atoms with E-state index >= 15 is 0 Å². The summed E-state index contributed by atoms with van der Waals surface area (Å²) in [6.45, 7) is 4.55. The largest absolute Gasteiger partial charge is 0.511 e. The Hall–Kier alpha value is -2.60. The van der Waals surface area contributed by atoms with Crippen LogP contribution in [0.25, 0.3) is 0 Å². The van der Waals surface area contributed by atoms with Gasteiger partial charge in [-0.3, -0.25) is 9.52 Å². The van der Waals surface area contributed by atoms with Crippen molar-refractivity contribution in [2.75, 3.05) is 22.8 Å². The summed E-state index contributed by atoms with van der Waals surface area (Å²) < 4.78 is 55.2. The lowest BCUT2D eigenvalue weighted by Gasteiger charge is -2.44. The number of amides is 1. The third kappa shape index (κ3) is 3.76. The van der Waals surface area contributed by atoms with Gasteiger partial charge in [0.2, 0.25) is 10.0 Å². The molecule has 0 unspecified atom stereocenters. The van der Waals surface area contributed by atoms with Gasteiger partial charge in [-0.15, -0.1) is 4.40 Å². The van der Waals surface area contributed by atoms with Gasteiger partial charge in [0.15, 0.2) is 5.84 Å². The molecule has 1 aromatic carbocycles. The lowest BCUT2D eigenvalue weighted by molar-refractivity contribution is -0.134. The van der Waals surface area contributed by atoms with E-state index in [2.05, 4.69) is 14.4 Å². The average Bonchev–Trinajstić information content (AvgIpc) is 3.32. The van der Waals surface area contributed by atoms with Crippen LogP contribution in [0.2, 0.25) is 0 Å². The molecule has 4 atom stereocenters. The van der Waals surface area contributed by atoms with Crippen molar-refractivity contribution in [1.29, 1.82) is 0 Å². The molecule has 2 bridgehead atoms. The van der Waals surface area contributed by atoms with Crippen molar-refractivity contribution in [2.24, 2.45) is 28.1 Å². The van der Waals surface area contributed by atoms with E-state index in [-0.39, 0.29) is 57.2 Å². The standard InChI is InChI=1S/C22H28N4O6S2/c1-11(2)10-26-19-13-5-4-12(8-13)17(19)20(27)18(22(26)28)21-23-15-7-6-14(24-33(3,29)30)9-16(15)34(31,32)25-21/h6-7,9,11-13,17,19,24,27H,4-5,8,10H2,1-3H3,(H,23,25)/t12-,13+,17+,19-/m0/s1. The van der Waals surface area contributed by atoms with Crippen LogP contribution < -0.4 is 10.0 Å². The minimum atomic E-state index is -4.26. The SMILES string of the molecule is CC(C)CN1C(=O)C(C2=NS(=O)(=O)c3cc(NS(C)(=O)=O)ccc3N2)=C(O)[C@@H]2[C@H]3CC[C@H](C3)[C@@H]21. The molecular weight excluding hydrogens is 480 g/mol. The molecule has 0 aromatic heterocycles. The molecule has 3 N–H and O–H groups in total. The fourth-order valence-electron chi connectivity index (χ4n) is 6.01. The number of rotatable bonds is 5. The first-order chi connectivity index (χ1) is 15.9. The van der Waals surface area contributed by atoms with Crippen molar-refractivity contribution in [1.82, 2.24) is 4.90 Å². The Balaban J connectivity index is 1.57. The Morgan fingerprint density at radius 2 is 1.97 bits per heavy atom. The zero-order valence-corrected chi connectivity index (χ0v) is 20.8.